The lowest BCUT2D eigenvalue weighted by atomic mass is 9.88. The molecule has 0 radical (unpaired) electrons. The van der Waals surface area contributed by atoms with E-state index in [1.165, 1.54) is 0 Å². The Bertz CT molecular complexity index is 632. The van der Waals surface area contributed by atoms with Crippen LogP contribution in [0.3, 0.4) is 0 Å². The number of benzene rings is 1. The van der Waals surface area contributed by atoms with Gasteiger partial charge in [-0.3, -0.25) is 4.79 Å². The average molecular weight is 331 g/mol. The summed E-state index contributed by atoms with van der Waals surface area (Å²) in [6.45, 7) is 0. The average Bonchev–Trinajstić information content (AvgIpc) is 2.48. The summed E-state index contributed by atoms with van der Waals surface area (Å²) in [5, 5.41) is 0. The molecule has 1 aliphatic carbocycles. The molecule has 1 saturated carbocycles. The second kappa shape index (κ2) is 5.83. The highest BCUT2D eigenvalue weighted by atomic mass is 79.9. The van der Waals surface area contributed by atoms with Crippen LogP contribution in [0.2, 0.25) is 0 Å². The first-order valence-electron chi connectivity index (χ1n) is 6.83. The SMILES string of the molecule is O=C1CCC(c2nccc(-c3cccc(Br)c3)n2)CC1. The molecule has 0 bridgehead atoms. The molecule has 4 heteroatoms. The molecule has 0 atom stereocenters. The van der Waals surface area contributed by atoms with Gasteiger partial charge in [0, 0.05) is 35.0 Å². The molecule has 0 saturated heterocycles. The summed E-state index contributed by atoms with van der Waals surface area (Å²) < 4.78 is 1.04. The van der Waals surface area contributed by atoms with Gasteiger partial charge >= 0.3 is 0 Å². The zero-order valence-corrected chi connectivity index (χ0v) is 12.6. The molecule has 1 fully saturated rings. The maximum atomic E-state index is 11.3. The number of hydrogen-bond acceptors (Lipinski definition) is 3. The van der Waals surface area contributed by atoms with Gasteiger partial charge in [0.2, 0.25) is 0 Å². The quantitative estimate of drug-likeness (QED) is 0.831. The van der Waals surface area contributed by atoms with E-state index in [9.17, 15) is 4.79 Å². The van der Waals surface area contributed by atoms with E-state index in [-0.39, 0.29) is 0 Å². The van der Waals surface area contributed by atoms with Crippen molar-refractivity contribution in [2.45, 2.75) is 31.6 Å². The smallest absolute Gasteiger partial charge is 0.132 e. The molecule has 0 N–H and O–H groups in total. The second-order valence-corrected chi connectivity index (χ2v) is 6.04. The fourth-order valence-electron chi connectivity index (χ4n) is 2.58. The molecule has 20 heavy (non-hydrogen) atoms. The summed E-state index contributed by atoms with van der Waals surface area (Å²) in [5.41, 5.74) is 2.02. The Kier molecular flexibility index (Phi) is 3.92. The third kappa shape index (κ3) is 2.96. The van der Waals surface area contributed by atoms with Crippen molar-refractivity contribution in [1.29, 1.82) is 0 Å². The van der Waals surface area contributed by atoms with Gasteiger partial charge in [0.05, 0.1) is 5.69 Å². The van der Waals surface area contributed by atoms with E-state index < -0.39 is 0 Å². The zero-order valence-electron chi connectivity index (χ0n) is 11.1. The molecular formula is C16H15BrN2O. The minimum absolute atomic E-state index is 0.319. The van der Waals surface area contributed by atoms with Crippen LogP contribution in [0.15, 0.2) is 41.0 Å². The van der Waals surface area contributed by atoms with E-state index in [0.29, 0.717) is 24.5 Å². The fraction of sp³-hybridized carbons (Fsp3) is 0.312. The first-order valence-corrected chi connectivity index (χ1v) is 7.62. The molecule has 0 amide bonds. The number of ketones is 1. The molecular weight excluding hydrogens is 316 g/mol. The lowest BCUT2D eigenvalue weighted by molar-refractivity contribution is -0.120. The third-order valence-corrected chi connectivity index (χ3v) is 4.20. The van der Waals surface area contributed by atoms with E-state index in [2.05, 4.69) is 32.0 Å². The van der Waals surface area contributed by atoms with Crippen molar-refractivity contribution in [1.82, 2.24) is 9.97 Å². The van der Waals surface area contributed by atoms with Crippen molar-refractivity contribution in [3.8, 4) is 11.3 Å². The lowest BCUT2D eigenvalue weighted by Crippen LogP contribution is -2.14. The van der Waals surface area contributed by atoms with Crippen LogP contribution in [0.5, 0.6) is 0 Å². The Labute approximate surface area is 126 Å². The van der Waals surface area contributed by atoms with Gasteiger partial charge in [-0.2, -0.15) is 0 Å². The molecule has 1 aliphatic rings. The van der Waals surface area contributed by atoms with Crippen molar-refractivity contribution in [3.63, 3.8) is 0 Å². The molecule has 1 aromatic heterocycles. The Balaban J connectivity index is 1.88. The van der Waals surface area contributed by atoms with E-state index in [1.54, 1.807) is 0 Å². The number of Topliss-reactive ketones (excluding diaryl/α,β-unsaturated/α-hetero) is 1. The van der Waals surface area contributed by atoms with Crippen LogP contribution in [0, 0.1) is 0 Å². The van der Waals surface area contributed by atoms with Crippen LogP contribution in [0.25, 0.3) is 11.3 Å². The van der Waals surface area contributed by atoms with Crippen LogP contribution < -0.4 is 0 Å². The number of carbonyl (C=O) groups is 1. The minimum Gasteiger partial charge on any atom is -0.300 e. The fourth-order valence-corrected chi connectivity index (χ4v) is 2.98. The molecule has 2 aromatic rings. The summed E-state index contributed by atoms with van der Waals surface area (Å²) in [4.78, 5) is 20.4. The highest BCUT2D eigenvalue weighted by Crippen LogP contribution is 2.30. The first kappa shape index (κ1) is 13.4. The summed E-state index contributed by atoms with van der Waals surface area (Å²) in [6, 6.07) is 10.0. The van der Waals surface area contributed by atoms with Gasteiger partial charge in [0.1, 0.15) is 11.6 Å². The Hall–Kier alpha value is -1.55. The molecule has 3 nitrogen and oxygen atoms in total. The summed E-state index contributed by atoms with van der Waals surface area (Å²) in [5.74, 6) is 1.55. The van der Waals surface area contributed by atoms with Crippen LogP contribution in [-0.4, -0.2) is 15.8 Å². The lowest BCUT2D eigenvalue weighted by Gasteiger charge is -2.19. The number of nitrogens with zero attached hydrogens (tertiary/aromatic N) is 2. The van der Waals surface area contributed by atoms with Crippen molar-refractivity contribution in [2.75, 3.05) is 0 Å². The zero-order chi connectivity index (χ0) is 13.9. The van der Waals surface area contributed by atoms with Crippen molar-refractivity contribution in [3.05, 3.63) is 46.8 Å². The number of hydrogen-bond donors (Lipinski definition) is 0. The maximum absolute atomic E-state index is 11.3. The predicted molar refractivity (Wildman–Crippen MR) is 81.4 cm³/mol. The van der Waals surface area contributed by atoms with Gasteiger partial charge < -0.3 is 0 Å². The maximum Gasteiger partial charge on any atom is 0.132 e. The summed E-state index contributed by atoms with van der Waals surface area (Å²) >= 11 is 3.48. The molecule has 1 heterocycles. The highest BCUT2D eigenvalue weighted by Gasteiger charge is 2.22. The standard InChI is InChI=1S/C16H15BrN2O/c17-13-3-1-2-12(10-13)15-8-9-18-16(19-15)11-4-6-14(20)7-5-11/h1-3,8-11H,4-7H2. The van der Waals surface area contributed by atoms with E-state index in [1.807, 2.05) is 30.5 Å². The van der Waals surface area contributed by atoms with E-state index in [4.69, 9.17) is 0 Å². The topological polar surface area (TPSA) is 42.9 Å². The number of carbonyl (C=O) groups excluding carboxylic acids is 1. The number of rotatable bonds is 2. The van der Waals surface area contributed by atoms with Crippen LogP contribution in [0.1, 0.15) is 37.4 Å². The van der Waals surface area contributed by atoms with Gasteiger partial charge in [-0.15, -0.1) is 0 Å². The normalized spacial score (nSPS) is 16.4. The second-order valence-electron chi connectivity index (χ2n) is 5.12. The molecule has 0 unspecified atom stereocenters. The Morgan fingerprint density at radius 2 is 1.95 bits per heavy atom. The summed E-state index contributed by atoms with van der Waals surface area (Å²) in [6.07, 6.45) is 4.89. The van der Waals surface area contributed by atoms with Crippen LogP contribution in [-0.2, 0) is 4.79 Å². The Morgan fingerprint density at radius 3 is 2.70 bits per heavy atom. The van der Waals surface area contributed by atoms with Gasteiger partial charge in [-0.05, 0) is 31.0 Å². The molecule has 0 spiro atoms. The van der Waals surface area contributed by atoms with Crippen LogP contribution >= 0.6 is 15.9 Å². The van der Waals surface area contributed by atoms with E-state index in [0.717, 1.165) is 34.4 Å². The van der Waals surface area contributed by atoms with Gasteiger partial charge in [0.25, 0.3) is 0 Å². The molecule has 102 valence electrons. The first-order chi connectivity index (χ1) is 9.72. The third-order valence-electron chi connectivity index (χ3n) is 3.70. The van der Waals surface area contributed by atoms with Crippen molar-refractivity contribution < 1.29 is 4.79 Å². The minimum atomic E-state index is 0.319. The monoisotopic (exact) mass is 330 g/mol. The van der Waals surface area contributed by atoms with Gasteiger partial charge in [0.15, 0.2) is 0 Å². The highest BCUT2D eigenvalue weighted by molar-refractivity contribution is 9.10. The number of aromatic nitrogens is 2. The molecule has 3 rings (SSSR count). The summed E-state index contributed by atoms with van der Waals surface area (Å²) in [7, 11) is 0. The Morgan fingerprint density at radius 1 is 1.15 bits per heavy atom. The van der Waals surface area contributed by atoms with Gasteiger partial charge in [-0.25, -0.2) is 9.97 Å². The van der Waals surface area contributed by atoms with Crippen molar-refractivity contribution in [2.24, 2.45) is 0 Å². The van der Waals surface area contributed by atoms with Crippen molar-refractivity contribution >= 4 is 21.7 Å². The van der Waals surface area contributed by atoms with Gasteiger partial charge in [-0.1, -0.05) is 28.1 Å². The molecule has 0 aliphatic heterocycles. The molecule has 1 aromatic carbocycles. The predicted octanol–water partition coefficient (Wildman–Crippen LogP) is 4.13. The number of halogens is 1. The van der Waals surface area contributed by atoms with Crippen LogP contribution in [0.4, 0.5) is 0 Å². The largest absolute Gasteiger partial charge is 0.300 e. The van der Waals surface area contributed by atoms with E-state index >= 15 is 0 Å².